The fourth-order valence-electron chi connectivity index (χ4n) is 1.15. The molecule has 0 spiro atoms. The number of hydrogen-bond acceptors (Lipinski definition) is 3. The van der Waals surface area contributed by atoms with Crippen LogP contribution in [0.4, 0.5) is 0 Å². The van der Waals surface area contributed by atoms with Crippen LogP contribution in [0.15, 0.2) is 10.6 Å². The molecule has 0 fully saturated rings. The molecule has 0 N–H and O–H groups in total. The molecule has 84 valence electrons. The van der Waals surface area contributed by atoms with Crippen LogP contribution in [0.2, 0.25) is 0 Å². The molecule has 1 aromatic rings. The molecule has 0 saturated carbocycles. The summed E-state index contributed by atoms with van der Waals surface area (Å²) in [5, 5.41) is 3.65. The van der Waals surface area contributed by atoms with Gasteiger partial charge in [0.1, 0.15) is 5.76 Å². The highest BCUT2D eigenvalue weighted by molar-refractivity contribution is 6.18. The maximum absolute atomic E-state index is 11.8. The number of carbonyl (C=O) groups is 1. The average molecular weight is 251 g/mol. The van der Waals surface area contributed by atoms with Crippen LogP contribution in [-0.2, 0) is 0 Å². The van der Waals surface area contributed by atoms with Crippen molar-refractivity contribution in [3.05, 3.63) is 17.5 Å². The molecule has 0 aliphatic heterocycles. The van der Waals surface area contributed by atoms with E-state index in [1.165, 1.54) is 0 Å². The third-order valence-electron chi connectivity index (χ3n) is 1.84. The first-order chi connectivity index (χ1) is 7.19. The van der Waals surface area contributed by atoms with E-state index in [0.717, 1.165) is 0 Å². The van der Waals surface area contributed by atoms with E-state index < -0.39 is 0 Å². The van der Waals surface area contributed by atoms with Crippen LogP contribution < -0.4 is 0 Å². The number of alkyl halides is 2. The molecule has 0 saturated heterocycles. The van der Waals surface area contributed by atoms with Crippen LogP contribution in [0.5, 0.6) is 0 Å². The molecular formula is C9H12Cl2N2O2. The van der Waals surface area contributed by atoms with Gasteiger partial charge < -0.3 is 9.42 Å². The lowest BCUT2D eigenvalue weighted by atomic mass is 10.3. The number of halogens is 2. The molecule has 0 aliphatic rings. The Morgan fingerprint density at radius 3 is 2.47 bits per heavy atom. The summed E-state index contributed by atoms with van der Waals surface area (Å²) in [6.45, 7) is 2.65. The topological polar surface area (TPSA) is 46.3 Å². The van der Waals surface area contributed by atoms with Crippen LogP contribution in [-0.4, -0.2) is 40.8 Å². The zero-order valence-corrected chi connectivity index (χ0v) is 9.88. The van der Waals surface area contributed by atoms with Gasteiger partial charge in [0.15, 0.2) is 5.69 Å². The molecule has 1 amide bonds. The van der Waals surface area contributed by atoms with Gasteiger partial charge in [-0.05, 0) is 6.92 Å². The Morgan fingerprint density at radius 2 is 2.07 bits per heavy atom. The molecule has 0 unspecified atom stereocenters. The van der Waals surface area contributed by atoms with Gasteiger partial charge in [-0.3, -0.25) is 4.79 Å². The minimum absolute atomic E-state index is 0.201. The van der Waals surface area contributed by atoms with Crippen LogP contribution >= 0.6 is 23.2 Å². The van der Waals surface area contributed by atoms with E-state index in [4.69, 9.17) is 27.7 Å². The quantitative estimate of drug-likeness (QED) is 0.751. The Bertz CT molecular complexity index is 322. The highest BCUT2D eigenvalue weighted by Gasteiger charge is 2.18. The zero-order chi connectivity index (χ0) is 11.3. The normalized spacial score (nSPS) is 10.3. The maximum atomic E-state index is 11.8. The molecule has 1 aromatic heterocycles. The van der Waals surface area contributed by atoms with Crippen molar-refractivity contribution in [2.24, 2.45) is 0 Å². The molecule has 15 heavy (non-hydrogen) atoms. The summed E-state index contributed by atoms with van der Waals surface area (Å²) >= 11 is 11.2. The molecule has 0 atom stereocenters. The molecule has 0 aromatic carbocycles. The van der Waals surface area contributed by atoms with Crippen molar-refractivity contribution in [1.82, 2.24) is 10.1 Å². The molecule has 6 heteroatoms. The van der Waals surface area contributed by atoms with Crippen molar-refractivity contribution in [2.75, 3.05) is 24.8 Å². The first-order valence-electron chi connectivity index (χ1n) is 4.53. The zero-order valence-electron chi connectivity index (χ0n) is 8.37. The van der Waals surface area contributed by atoms with Crippen molar-refractivity contribution in [1.29, 1.82) is 0 Å². The van der Waals surface area contributed by atoms with E-state index in [-0.39, 0.29) is 5.91 Å². The van der Waals surface area contributed by atoms with Gasteiger partial charge in [0.05, 0.1) is 0 Å². The third kappa shape index (κ3) is 3.39. The lowest BCUT2D eigenvalue weighted by Crippen LogP contribution is -2.34. The second kappa shape index (κ2) is 5.98. The van der Waals surface area contributed by atoms with Gasteiger partial charge in [-0.25, -0.2) is 0 Å². The number of nitrogens with zero attached hydrogens (tertiary/aromatic N) is 2. The average Bonchev–Trinajstić information content (AvgIpc) is 2.63. The Balaban J connectivity index is 2.71. The number of carbonyl (C=O) groups excluding carboxylic acids is 1. The van der Waals surface area contributed by atoms with Gasteiger partial charge >= 0.3 is 0 Å². The predicted molar refractivity (Wildman–Crippen MR) is 58.6 cm³/mol. The lowest BCUT2D eigenvalue weighted by Gasteiger charge is -2.18. The summed E-state index contributed by atoms with van der Waals surface area (Å²) < 4.78 is 4.83. The van der Waals surface area contributed by atoms with E-state index in [0.29, 0.717) is 36.3 Å². The molecule has 1 heterocycles. The minimum Gasteiger partial charge on any atom is -0.361 e. The Labute approximate surface area is 98.1 Å². The molecule has 0 radical (unpaired) electrons. The fourth-order valence-corrected chi connectivity index (χ4v) is 1.56. The minimum atomic E-state index is -0.201. The molecule has 0 aliphatic carbocycles. The first kappa shape index (κ1) is 12.3. The Kier molecular flexibility index (Phi) is 4.91. The van der Waals surface area contributed by atoms with Gasteiger partial charge in [-0.2, -0.15) is 0 Å². The standard InChI is InChI=1S/C9H12Cl2N2O2/c1-7-6-8(12-15-7)9(14)13(4-2-10)5-3-11/h6H,2-5H2,1H3. The molecule has 0 bridgehead atoms. The number of rotatable bonds is 5. The van der Waals surface area contributed by atoms with Crippen molar-refractivity contribution >= 4 is 29.1 Å². The summed E-state index contributed by atoms with van der Waals surface area (Å²) in [5.74, 6) is 1.15. The van der Waals surface area contributed by atoms with Crippen molar-refractivity contribution in [3.63, 3.8) is 0 Å². The summed E-state index contributed by atoms with van der Waals surface area (Å²) in [6, 6.07) is 1.60. The van der Waals surface area contributed by atoms with Crippen molar-refractivity contribution < 1.29 is 9.32 Å². The van der Waals surface area contributed by atoms with Crippen molar-refractivity contribution in [3.8, 4) is 0 Å². The second-order valence-electron chi connectivity index (χ2n) is 2.99. The Morgan fingerprint density at radius 1 is 1.47 bits per heavy atom. The molecule has 1 rings (SSSR count). The van der Waals surface area contributed by atoms with E-state index in [1.54, 1.807) is 17.9 Å². The summed E-state index contributed by atoms with van der Waals surface area (Å²) in [4.78, 5) is 13.4. The Hall–Kier alpha value is -0.740. The SMILES string of the molecule is Cc1cc(C(=O)N(CCCl)CCCl)no1. The van der Waals surface area contributed by atoms with Gasteiger partial charge in [0.25, 0.3) is 5.91 Å². The number of hydrogen-bond donors (Lipinski definition) is 0. The summed E-state index contributed by atoms with van der Waals surface area (Å²) in [5.41, 5.74) is 0.294. The lowest BCUT2D eigenvalue weighted by molar-refractivity contribution is 0.0764. The number of amides is 1. The van der Waals surface area contributed by atoms with Gasteiger partial charge in [0, 0.05) is 30.9 Å². The smallest absolute Gasteiger partial charge is 0.276 e. The highest BCUT2D eigenvalue weighted by atomic mass is 35.5. The third-order valence-corrected chi connectivity index (χ3v) is 2.18. The van der Waals surface area contributed by atoms with Gasteiger partial charge in [0.2, 0.25) is 0 Å². The second-order valence-corrected chi connectivity index (χ2v) is 3.75. The number of aryl methyl sites for hydroxylation is 1. The van der Waals surface area contributed by atoms with Gasteiger partial charge in [-0.15, -0.1) is 23.2 Å². The monoisotopic (exact) mass is 250 g/mol. The van der Waals surface area contributed by atoms with Crippen LogP contribution in [0.3, 0.4) is 0 Å². The van der Waals surface area contributed by atoms with E-state index in [1.807, 2.05) is 0 Å². The largest absolute Gasteiger partial charge is 0.361 e. The van der Waals surface area contributed by atoms with Crippen LogP contribution in [0, 0.1) is 6.92 Å². The van der Waals surface area contributed by atoms with Crippen LogP contribution in [0.25, 0.3) is 0 Å². The fraction of sp³-hybridized carbons (Fsp3) is 0.556. The maximum Gasteiger partial charge on any atom is 0.276 e. The highest BCUT2D eigenvalue weighted by Crippen LogP contribution is 2.06. The van der Waals surface area contributed by atoms with Gasteiger partial charge in [-0.1, -0.05) is 5.16 Å². The summed E-state index contributed by atoms with van der Waals surface area (Å²) in [7, 11) is 0. The molecular weight excluding hydrogens is 239 g/mol. The summed E-state index contributed by atoms with van der Waals surface area (Å²) in [6.07, 6.45) is 0. The van der Waals surface area contributed by atoms with Crippen LogP contribution in [0.1, 0.15) is 16.2 Å². The first-order valence-corrected chi connectivity index (χ1v) is 5.60. The van der Waals surface area contributed by atoms with Crippen molar-refractivity contribution in [2.45, 2.75) is 6.92 Å². The number of aromatic nitrogens is 1. The van der Waals surface area contributed by atoms with E-state index in [9.17, 15) is 4.79 Å². The predicted octanol–water partition coefficient (Wildman–Crippen LogP) is 1.90. The van der Waals surface area contributed by atoms with E-state index in [2.05, 4.69) is 5.16 Å². The van der Waals surface area contributed by atoms with E-state index >= 15 is 0 Å². The molecule has 4 nitrogen and oxygen atoms in total.